The minimum atomic E-state index is -0.493. The van der Waals surface area contributed by atoms with Gasteiger partial charge >= 0.3 is 5.69 Å². The molecule has 0 fully saturated rings. The number of carbonyl (C=O) groups excluding carboxylic acids is 1. The number of aromatic nitrogens is 4. The first-order valence-electron chi connectivity index (χ1n) is 8.16. The second-order valence-electron chi connectivity index (χ2n) is 5.95. The number of nitro groups is 1. The summed E-state index contributed by atoms with van der Waals surface area (Å²) in [5.74, 6) is -0.227. The van der Waals surface area contributed by atoms with Gasteiger partial charge in [0.1, 0.15) is 11.9 Å². The molecule has 3 aromatic rings. The molecule has 1 amide bonds. The monoisotopic (exact) mass is 388 g/mol. The average Bonchev–Trinajstić information content (AvgIpc) is 3.19. The number of hydrogen-bond donors (Lipinski definition) is 1. The van der Waals surface area contributed by atoms with E-state index in [1.807, 2.05) is 18.2 Å². The van der Waals surface area contributed by atoms with Crippen LogP contribution in [0.5, 0.6) is 0 Å². The van der Waals surface area contributed by atoms with Crippen molar-refractivity contribution >= 4 is 28.9 Å². The summed E-state index contributed by atoms with van der Waals surface area (Å²) in [5, 5.41) is 22.4. The molecule has 0 unspecified atom stereocenters. The molecule has 0 aliphatic rings. The summed E-state index contributed by atoms with van der Waals surface area (Å²) in [6.45, 7) is 2.39. The van der Waals surface area contributed by atoms with Crippen LogP contribution in [0.3, 0.4) is 0 Å². The van der Waals surface area contributed by atoms with Crippen molar-refractivity contribution in [2.75, 3.05) is 5.32 Å². The molecule has 27 heavy (non-hydrogen) atoms. The summed E-state index contributed by atoms with van der Waals surface area (Å²) in [6.07, 6.45) is 4.61. The van der Waals surface area contributed by atoms with Crippen LogP contribution in [-0.4, -0.2) is 30.4 Å². The third-order valence-electron chi connectivity index (χ3n) is 3.98. The first-order valence-corrected chi connectivity index (χ1v) is 8.53. The fourth-order valence-corrected chi connectivity index (χ4v) is 2.82. The Bertz CT molecular complexity index is 981. The van der Waals surface area contributed by atoms with Crippen LogP contribution in [0.25, 0.3) is 0 Å². The van der Waals surface area contributed by atoms with Crippen molar-refractivity contribution in [2.24, 2.45) is 0 Å². The summed E-state index contributed by atoms with van der Waals surface area (Å²) in [5.41, 5.74) is 1.93. The van der Waals surface area contributed by atoms with Crippen molar-refractivity contribution in [1.82, 2.24) is 19.6 Å². The highest BCUT2D eigenvalue weighted by Crippen LogP contribution is 2.17. The molecule has 0 atom stereocenters. The average molecular weight is 389 g/mol. The molecule has 3 rings (SSSR count). The third-order valence-corrected chi connectivity index (χ3v) is 4.21. The smallest absolute Gasteiger partial charge is 0.309 e. The van der Waals surface area contributed by atoms with Gasteiger partial charge in [-0.05, 0) is 24.6 Å². The summed E-state index contributed by atoms with van der Waals surface area (Å²) in [4.78, 5) is 22.4. The molecule has 0 aliphatic carbocycles. The molecule has 0 saturated heterocycles. The number of nitrogens with zero attached hydrogens (tertiary/aromatic N) is 5. The molecule has 1 N–H and O–H groups in total. The molecule has 10 heteroatoms. The van der Waals surface area contributed by atoms with Gasteiger partial charge in [0, 0.05) is 17.6 Å². The Kier molecular flexibility index (Phi) is 5.51. The summed E-state index contributed by atoms with van der Waals surface area (Å²) < 4.78 is 3.14. The minimum Gasteiger partial charge on any atom is -0.323 e. The number of amides is 1. The SMILES string of the molecule is Cc1c([N+](=O)[O-])cnn1CCC(=O)Nc1cnn(Cc2cccc(Cl)c2)c1. The maximum absolute atomic E-state index is 12.1. The highest BCUT2D eigenvalue weighted by molar-refractivity contribution is 6.30. The van der Waals surface area contributed by atoms with E-state index in [2.05, 4.69) is 15.5 Å². The normalized spacial score (nSPS) is 10.7. The zero-order chi connectivity index (χ0) is 19.4. The van der Waals surface area contributed by atoms with E-state index in [-0.39, 0.29) is 24.6 Å². The lowest BCUT2D eigenvalue weighted by Gasteiger charge is -2.05. The number of rotatable bonds is 7. The first kappa shape index (κ1) is 18.6. The predicted molar refractivity (Wildman–Crippen MR) is 99.6 cm³/mol. The molecule has 140 valence electrons. The number of halogens is 1. The van der Waals surface area contributed by atoms with Crippen LogP contribution in [0, 0.1) is 17.0 Å². The molecular formula is C17H17ClN6O3. The van der Waals surface area contributed by atoms with Gasteiger partial charge in [0.2, 0.25) is 5.91 Å². The molecule has 0 aliphatic heterocycles. The van der Waals surface area contributed by atoms with Gasteiger partial charge in [-0.15, -0.1) is 0 Å². The maximum atomic E-state index is 12.1. The van der Waals surface area contributed by atoms with Crippen molar-refractivity contribution in [1.29, 1.82) is 0 Å². The van der Waals surface area contributed by atoms with E-state index in [9.17, 15) is 14.9 Å². The Balaban J connectivity index is 1.54. The predicted octanol–water partition coefficient (Wildman–Crippen LogP) is 3.03. The number of aryl methyl sites for hydroxylation is 1. The van der Waals surface area contributed by atoms with Crippen LogP contribution in [0.2, 0.25) is 5.02 Å². The third kappa shape index (κ3) is 4.70. The van der Waals surface area contributed by atoms with Gasteiger partial charge in [-0.1, -0.05) is 23.7 Å². The maximum Gasteiger partial charge on any atom is 0.309 e. The Labute approximate surface area is 159 Å². The number of carbonyl (C=O) groups is 1. The van der Waals surface area contributed by atoms with Gasteiger partial charge in [0.15, 0.2) is 0 Å². The van der Waals surface area contributed by atoms with E-state index >= 15 is 0 Å². The van der Waals surface area contributed by atoms with E-state index in [1.165, 1.54) is 10.9 Å². The molecule has 0 spiro atoms. The van der Waals surface area contributed by atoms with E-state index in [4.69, 9.17) is 11.6 Å². The molecule has 0 saturated carbocycles. The molecule has 2 aromatic heterocycles. The van der Waals surface area contributed by atoms with Crippen molar-refractivity contribution in [3.05, 3.63) is 69.3 Å². The van der Waals surface area contributed by atoms with E-state index in [0.29, 0.717) is 22.9 Å². The number of benzene rings is 1. The van der Waals surface area contributed by atoms with Crippen LogP contribution in [0.1, 0.15) is 17.7 Å². The van der Waals surface area contributed by atoms with Crippen molar-refractivity contribution in [3.8, 4) is 0 Å². The van der Waals surface area contributed by atoms with Crippen LogP contribution < -0.4 is 5.32 Å². The lowest BCUT2D eigenvalue weighted by atomic mass is 10.2. The van der Waals surface area contributed by atoms with Crippen LogP contribution in [-0.2, 0) is 17.9 Å². The fraction of sp³-hybridized carbons (Fsp3) is 0.235. The zero-order valence-electron chi connectivity index (χ0n) is 14.5. The minimum absolute atomic E-state index is 0.0577. The summed E-state index contributed by atoms with van der Waals surface area (Å²) in [7, 11) is 0. The Hall–Kier alpha value is -3.20. The largest absolute Gasteiger partial charge is 0.323 e. The Morgan fingerprint density at radius 3 is 2.85 bits per heavy atom. The van der Waals surface area contributed by atoms with Crippen LogP contribution >= 0.6 is 11.6 Å². The van der Waals surface area contributed by atoms with Crippen molar-refractivity contribution in [2.45, 2.75) is 26.4 Å². The molecular weight excluding hydrogens is 372 g/mol. The highest BCUT2D eigenvalue weighted by atomic mass is 35.5. The summed E-state index contributed by atoms with van der Waals surface area (Å²) in [6, 6.07) is 7.46. The lowest BCUT2D eigenvalue weighted by Crippen LogP contribution is -2.15. The van der Waals surface area contributed by atoms with E-state index in [0.717, 1.165) is 5.56 Å². The Morgan fingerprint density at radius 2 is 2.15 bits per heavy atom. The lowest BCUT2D eigenvalue weighted by molar-refractivity contribution is -0.385. The number of hydrogen-bond acceptors (Lipinski definition) is 5. The number of anilines is 1. The quantitative estimate of drug-likeness (QED) is 0.494. The van der Waals surface area contributed by atoms with Gasteiger partial charge < -0.3 is 5.32 Å². The van der Waals surface area contributed by atoms with Crippen molar-refractivity contribution in [3.63, 3.8) is 0 Å². The molecule has 1 aromatic carbocycles. The zero-order valence-corrected chi connectivity index (χ0v) is 15.3. The van der Waals surface area contributed by atoms with Gasteiger partial charge in [-0.25, -0.2) is 0 Å². The molecule has 0 radical (unpaired) electrons. The molecule has 9 nitrogen and oxygen atoms in total. The first-order chi connectivity index (χ1) is 12.9. The van der Waals surface area contributed by atoms with Gasteiger partial charge in [-0.2, -0.15) is 10.2 Å². The highest BCUT2D eigenvalue weighted by Gasteiger charge is 2.16. The molecule has 2 heterocycles. The molecule has 0 bridgehead atoms. The standard InChI is InChI=1S/C17H17ClN6O3/c1-12-16(24(26)27)9-20-23(12)6-5-17(25)21-15-8-19-22(11-15)10-13-3-2-4-14(18)7-13/h2-4,7-9,11H,5-6,10H2,1H3,(H,21,25). The van der Waals surface area contributed by atoms with Crippen LogP contribution in [0.15, 0.2) is 42.9 Å². The second kappa shape index (κ2) is 8.00. The topological polar surface area (TPSA) is 108 Å². The van der Waals surface area contributed by atoms with E-state index in [1.54, 1.807) is 30.1 Å². The van der Waals surface area contributed by atoms with Gasteiger partial charge in [-0.3, -0.25) is 24.3 Å². The van der Waals surface area contributed by atoms with Gasteiger partial charge in [0.25, 0.3) is 0 Å². The fourth-order valence-electron chi connectivity index (χ4n) is 2.61. The van der Waals surface area contributed by atoms with Crippen molar-refractivity contribution < 1.29 is 9.72 Å². The van der Waals surface area contributed by atoms with E-state index < -0.39 is 4.92 Å². The summed E-state index contributed by atoms with van der Waals surface area (Å²) >= 11 is 5.97. The second-order valence-corrected chi connectivity index (χ2v) is 6.39. The Morgan fingerprint density at radius 1 is 1.33 bits per heavy atom. The van der Waals surface area contributed by atoms with Crippen LogP contribution in [0.4, 0.5) is 11.4 Å². The number of nitrogens with one attached hydrogen (secondary N) is 1. The van der Waals surface area contributed by atoms with Gasteiger partial charge in [0.05, 0.1) is 29.9 Å².